The number of hydrogen-bond acceptors (Lipinski definition) is 8. The van der Waals surface area contributed by atoms with Crippen molar-refractivity contribution in [2.24, 2.45) is 0 Å². The average Bonchev–Trinajstić information content (AvgIpc) is 2.90. The molecule has 0 aromatic heterocycles. The van der Waals surface area contributed by atoms with Crippen LogP contribution in [0.5, 0.6) is 34.5 Å². The predicted molar refractivity (Wildman–Crippen MR) is 139 cm³/mol. The highest BCUT2D eigenvalue weighted by Crippen LogP contribution is 2.39. The number of hydrogen-bond donors (Lipinski definition) is 1. The fourth-order valence-corrected chi connectivity index (χ4v) is 4.61. The van der Waals surface area contributed by atoms with E-state index in [4.69, 9.17) is 23.7 Å². The molecule has 0 aliphatic heterocycles. The van der Waals surface area contributed by atoms with E-state index in [0.717, 1.165) is 24.3 Å². The minimum absolute atomic E-state index is 0.118. The SMILES string of the molecule is COc1cc(/C=C\c2cc(OC)c(OC)c(OC)c2)c(NS(=O)(=O)c2ccc(OC(F)(F)F)cc2)cc1OC. The van der Waals surface area contributed by atoms with Crippen molar-refractivity contribution in [2.45, 2.75) is 11.3 Å². The summed E-state index contributed by atoms with van der Waals surface area (Å²) in [6.45, 7) is 0. The molecule has 0 amide bonds. The van der Waals surface area contributed by atoms with Crippen LogP contribution in [0.1, 0.15) is 11.1 Å². The van der Waals surface area contributed by atoms with Crippen LogP contribution in [-0.4, -0.2) is 50.3 Å². The van der Waals surface area contributed by atoms with E-state index in [-0.39, 0.29) is 16.3 Å². The number of benzene rings is 3. The van der Waals surface area contributed by atoms with Crippen molar-refractivity contribution >= 4 is 27.9 Å². The zero-order chi connectivity index (χ0) is 28.8. The van der Waals surface area contributed by atoms with Crippen molar-refractivity contribution in [3.63, 3.8) is 0 Å². The van der Waals surface area contributed by atoms with Gasteiger partial charge in [0.1, 0.15) is 5.75 Å². The number of nitrogens with one attached hydrogen (secondary N) is 1. The second-order valence-corrected chi connectivity index (χ2v) is 9.39. The molecule has 0 saturated heterocycles. The van der Waals surface area contributed by atoms with Gasteiger partial charge in [0.05, 0.1) is 46.1 Å². The second-order valence-electron chi connectivity index (χ2n) is 7.71. The number of halogens is 3. The Labute approximate surface area is 223 Å². The topological polar surface area (TPSA) is 102 Å². The van der Waals surface area contributed by atoms with E-state index in [1.54, 1.807) is 30.4 Å². The van der Waals surface area contributed by atoms with Gasteiger partial charge in [-0.2, -0.15) is 0 Å². The highest BCUT2D eigenvalue weighted by molar-refractivity contribution is 7.92. The molecule has 3 aromatic carbocycles. The molecule has 13 heteroatoms. The zero-order valence-electron chi connectivity index (χ0n) is 21.6. The normalized spacial score (nSPS) is 11.7. The molecule has 0 radical (unpaired) electrons. The summed E-state index contributed by atoms with van der Waals surface area (Å²) in [7, 11) is 3.03. The molecule has 39 heavy (non-hydrogen) atoms. The van der Waals surface area contributed by atoms with Crippen LogP contribution in [0.2, 0.25) is 0 Å². The Morgan fingerprint density at radius 3 is 1.74 bits per heavy atom. The highest BCUT2D eigenvalue weighted by Gasteiger charge is 2.31. The predicted octanol–water partition coefficient (Wildman–Crippen LogP) is 5.60. The summed E-state index contributed by atoms with van der Waals surface area (Å²) < 4.78 is 96.6. The van der Waals surface area contributed by atoms with Gasteiger partial charge in [-0.05, 0) is 48.0 Å². The number of alkyl halides is 3. The molecular weight excluding hydrogens is 543 g/mol. The first kappa shape index (κ1) is 29.3. The molecule has 3 aromatic rings. The van der Waals surface area contributed by atoms with Crippen LogP contribution in [0.4, 0.5) is 18.9 Å². The molecule has 0 saturated carbocycles. The van der Waals surface area contributed by atoms with Crippen LogP contribution >= 0.6 is 0 Å². The second kappa shape index (κ2) is 12.1. The van der Waals surface area contributed by atoms with Gasteiger partial charge < -0.3 is 28.4 Å². The lowest BCUT2D eigenvalue weighted by Crippen LogP contribution is -2.17. The summed E-state index contributed by atoms with van der Waals surface area (Å²) in [5.41, 5.74) is 1.15. The zero-order valence-corrected chi connectivity index (χ0v) is 22.4. The van der Waals surface area contributed by atoms with Crippen molar-refractivity contribution in [1.29, 1.82) is 0 Å². The van der Waals surface area contributed by atoms with Crippen molar-refractivity contribution in [2.75, 3.05) is 40.3 Å². The molecule has 0 aliphatic rings. The molecule has 3 rings (SSSR count). The monoisotopic (exact) mass is 569 g/mol. The molecule has 0 heterocycles. The first-order valence-corrected chi connectivity index (χ1v) is 12.6. The van der Waals surface area contributed by atoms with Crippen molar-refractivity contribution in [3.05, 3.63) is 59.7 Å². The van der Waals surface area contributed by atoms with Crippen molar-refractivity contribution in [3.8, 4) is 34.5 Å². The van der Waals surface area contributed by atoms with E-state index < -0.39 is 22.1 Å². The number of anilines is 1. The Hall–Kier alpha value is -4.26. The molecule has 0 bridgehead atoms. The summed E-state index contributed by atoms with van der Waals surface area (Å²) >= 11 is 0. The third-order valence-corrected chi connectivity index (χ3v) is 6.69. The van der Waals surface area contributed by atoms with Crippen molar-refractivity contribution < 1.29 is 50.0 Å². The Morgan fingerprint density at radius 2 is 1.26 bits per heavy atom. The van der Waals surface area contributed by atoms with E-state index >= 15 is 0 Å². The smallest absolute Gasteiger partial charge is 0.493 e. The summed E-state index contributed by atoms with van der Waals surface area (Å²) in [5.74, 6) is 1.27. The first-order chi connectivity index (χ1) is 18.4. The Morgan fingerprint density at radius 1 is 0.718 bits per heavy atom. The molecule has 0 aliphatic carbocycles. The molecular formula is C26H26F3NO8S. The number of rotatable bonds is 11. The summed E-state index contributed by atoms with van der Waals surface area (Å²) in [5, 5.41) is 0. The van der Waals surface area contributed by atoms with Gasteiger partial charge in [0.2, 0.25) is 5.75 Å². The molecule has 0 atom stereocenters. The van der Waals surface area contributed by atoms with Gasteiger partial charge in [0.15, 0.2) is 23.0 Å². The Kier molecular flexibility index (Phi) is 9.07. The van der Waals surface area contributed by atoms with Crippen LogP contribution < -0.4 is 33.1 Å². The lowest BCUT2D eigenvalue weighted by molar-refractivity contribution is -0.274. The van der Waals surface area contributed by atoms with E-state index in [1.165, 1.54) is 41.6 Å². The number of sulfonamides is 1. The largest absolute Gasteiger partial charge is 0.573 e. The summed E-state index contributed by atoms with van der Waals surface area (Å²) in [6.07, 6.45) is -1.59. The molecule has 210 valence electrons. The van der Waals surface area contributed by atoms with Gasteiger partial charge in [0, 0.05) is 11.6 Å². The van der Waals surface area contributed by atoms with Gasteiger partial charge in [0.25, 0.3) is 10.0 Å². The third kappa shape index (κ3) is 7.19. The summed E-state index contributed by atoms with van der Waals surface area (Å²) in [4.78, 5) is -0.286. The summed E-state index contributed by atoms with van der Waals surface area (Å²) in [6, 6.07) is 10.2. The van der Waals surface area contributed by atoms with E-state index in [9.17, 15) is 21.6 Å². The maximum atomic E-state index is 13.1. The molecule has 1 N–H and O–H groups in total. The Balaban J connectivity index is 2.02. The minimum Gasteiger partial charge on any atom is -0.493 e. The quantitative estimate of drug-likeness (QED) is 0.298. The van der Waals surface area contributed by atoms with Gasteiger partial charge in [-0.25, -0.2) is 8.42 Å². The molecule has 0 fully saturated rings. The van der Waals surface area contributed by atoms with Crippen molar-refractivity contribution in [1.82, 2.24) is 0 Å². The van der Waals surface area contributed by atoms with Crippen LogP contribution in [0, 0.1) is 0 Å². The van der Waals surface area contributed by atoms with E-state index in [2.05, 4.69) is 9.46 Å². The van der Waals surface area contributed by atoms with Crippen LogP contribution in [0.15, 0.2) is 53.4 Å². The van der Waals surface area contributed by atoms with Gasteiger partial charge in [-0.1, -0.05) is 12.2 Å². The highest BCUT2D eigenvalue weighted by atomic mass is 32.2. The Bertz CT molecular complexity index is 1410. The van der Waals surface area contributed by atoms with Crippen LogP contribution in [0.3, 0.4) is 0 Å². The number of ether oxygens (including phenoxy) is 6. The van der Waals surface area contributed by atoms with Crippen LogP contribution in [0.25, 0.3) is 12.2 Å². The van der Waals surface area contributed by atoms with Crippen LogP contribution in [-0.2, 0) is 10.0 Å². The van der Waals surface area contributed by atoms with Gasteiger partial charge in [-0.15, -0.1) is 13.2 Å². The standard InChI is InChI=1S/C26H26F3NO8S/c1-33-21-14-17(7-6-16-12-23(35-3)25(37-5)24(13-16)36-4)20(15-22(21)34-2)30-39(31,32)19-10-8-18(9-11-19)38-26(27,28)29/h6-15,30H,1-5H3/b7-6-. The van der Waals surface area contributed by atoms with E-state index in [0.29, 0.717) is 34.1 Å². The minimum atomic E-state index is -4.91. The maximum absolute atomic E-state index is 13.1. The average molecular weight is 570 g/mol. The fraction of sp³-hybridized carbons (Fsp3) is 0.231. The lowest BCUT2D eigenvalue weighted by atomic mass is 10.1. The van der Waals surface area contributed by atoms with Gasteiger partial charge >= 0.3 is 6.36 Å². The number of methoxy groups -OCH3 is 5. The molecule has 0 spiro atoms. The lowest BCUT2D eigenvalue weighted by Gasteiger charge is -2.16. The molecule has 0 unspecified atom stereocenters. The molecule has 9 nitrogen and oxygen atoms in total. The third-order valence-electron chi connectivity index (χ3n) is 5.31. The fourth-order valence-electron chi connectivity index (χ4n) is 3.53. The van der Waals surface area contributed by atoms with E-state index in [1.807, 2.05) is 0 Å². The first-order valence-electron chi connectivity index (χ1n) is 11.1. The van der Waals surface area contributed by atoms with Gasteiger partial charge in [-0.3, -0.25) is 4.72 Å². The maximum Gasteiger partial charge on any atom is 0.573 e.